The normalized spacial score (nSPS) is 24.5. The first-order valence-electron chi connectivity index (χ1n) is 3.79. The zero-order valence-corrected chi connectivity index (χ0v) is 6.41. The summed E-state index contributed by atoms with van der Waals surface area (Å²) < 4.78 is 9.82. The summed E-state index contributed by atoms with van der Waals surface area (Å²) in [5, 5.41) is 0. The van der Waals surface area contributed by atoms with Crippen molar-refractivity contribution in [2.24, 2.45) is 11.7 Å². The van der Waals surface area contributed by atoms with E-state index in [-0.39, 0.29) is 0 Å². The second kappa shape index (κ2) is 4.18. The maximum Gasteiger partial charge on any atom is 0.404 e. The molecular formula is C7H13NO3. The van der Waals surface area contributed by atoms with E-state index < -0.39 is 6.09 Å². The molecule has 1 fully saturated rings. The fourth-order valence-corrected chi connectivity index (χ4v) is 1.14. The van der Waals surface area contributed by atoms with E-state index in [0.717, 1.165) is 19.4 Å². The lowest BCUT2D eigenvalue weighted by molar-refractivity contribution is 0.0252. The maximum atomic E-state index is 10.2. The summed E-state index contributed by atoms with van der Waals surface area (Å²) in [7, 11) is 0. The molecule has 0 saturated carbocycles. The van der Waals surface area contributed by atoms with Crippen LogP contribution in [0.4, 0.5) is 4.79 Å². The Kier molecular flexibility index (Phi) is 3.16. The number of ether oxygens (including phenoxy) is 2. The molecule has 64 valence electrons. The highest BCUT2D eigenvalue weighted by Gasteiger charge is 2.14. The van der Waals surface area contributed by atoms with Gasteiger partial charge >= 0.3 is 6.09 Å². The van der Waals surface area contributed by atoms with Crippen LogP contribution >= 0.6 is 0 Å². The molecule has 0 spiro atoms. The van der Waals surface area contributed by atoms with E-state index in [1.165, 1.54) is 0 Å². The molecule has 1 saturated heterocycles. The highest BCUT2D eigenvalue weighted by molar-refractivity contribution is 5.64. The van der Waals surface area contributed by atoms with Crippen LogP contribution in [0.3, 0.4) is 0 Å². The first kappa shape index (κ1) is 8.33. The Labute approximate surface area is 65.7 Å². The zero-order valence-electron chi connectivity index (χ0n) is 6.41. The molecule has 1 aliphatic heterocycles. The van der Waals surface area contributed by atoms with Crippen LogP contribution in [0.1, 0.15) is 12.8 Å². The van der Waals surface area contributed by atoms with Gasteiger partial charge in [-0.25, -0.2) is 4.79 Å². The Hall–Kier alpha value is -0.770. The van der Waals surface area contributed by atoms with Gasteiger partial charge in [0.15, 0.2) is 0 Å². The quantitative estimate of drug-likeness (QED) is 0.638. The predicted octanol–water partition coefficient (Wildman–Crippen LogP) is 0.508. The van der Waals surface area contributed by atoms with E-state index >= 15 is 0 Å². The summed E-state index contributed by atoms with van der Waals surface area (Å²) in [6.07, 6.45) is 1.41. The van der Waals surface area contributed by atoms with Crippen LogP contribution in [0.5, 0.6) is 0 Å². The van der Waals surface area contributed by atoms with E-state index in [1.54, 1.807) is 0 Å². The van der Waals surface area contributed by atoms with Gasteiger partial charge in [-0.2, -0.15) is 0 Å². The minimum absolute atomic E-state index is 0.344. The lowest BCUT2D eigenvalue weighted by atomic mass is 10.0. The van der Waals surface area contributed by atoms with Gasteiger partial charge in [0.05, 0.1) is 13.2 Å². The van der Waals surface area contributed by atoms with Crippen LogP contribution in [-0.2, 0) is 9.47 Å². The average Bonchev–Trinajstić information content (AvgIpc) is 2.03. The minimum atomic E-state index is -0.699. The van der Waals surface area contributed by atoms with Gasteiger partial charge in [-0.15, -0.1) is 0 Å². The molecule has 2 N–H and O–H groups in total. The Morgan fingerprint density at radius 1 is 1.73 bits per heavy atom. The molecule has 0 aromatic carbocycles. The van der Waals surface area contributed by atoms with Crippen LogP contribution in [0, 0.1) is 5.92 Å². The molecule has 0 radical (unpaired) electrons. The molecule has 1 atom stereocenters. The van der Waals surface area contributed by atoms with Crippen LogP contribution in [0.2, 0.25) is 0 Å². The highest BCUT2D eigenvalue weighted by atomic mass is 16.5. The van der Waals surface area contributed by atoms with Crippen molar-refractivity contribution in [3.63, 3.8) is 0 Å². The predicted molar refractivity (Wildman–Crippen MR) is 39.1 cm³/mol. The van der Waals surface area contributed by atoms with Gasteiger partial charge < -0.3 is 15.2 Å². The van der Waals surface area contributed by atoms with Crippen molar-refractivity contribution in [2.45, 2.75) is 12.8 Å². The van der Waals surface area contributed by atoms with Crippen molar-refractivity contribution in [3.05, 3.63) is 0 Å². The van der Waals surface area contributed by atoms with Crippen molar-refractivity contribution in [3.8, 4) is 0 Å². The van der Waals surface area contributed by atoms with E-state index in [1.807, 2.05) is 0 Å². The average molecular weight is 159 g/mol. The first-order valence-corrected chi connectivity index (χ1v) is 3.79. The van der Waals surface area contributed by atoms with Gasteiger partial charge in [-0.3, -0.25) is 0 Å². The molecule has 11 heavy (non-hydrogen) atoms. The molecule has 0 aliphatic carbocycles. The number of carbonyl (C=O) groups excluding carboxylic acids is 1. The molecule has 0 unspecified atom stereocenters. The van der Waals surface area contributed by atoms with Crippen molar-refractivity contribution in [2.75, 3.05) is 19.8 Å². The van der Waals surface area contributed by atoms with E-state index in [9.17, 15) is 4.79 Å². The smallest absolute Gasteiger partial charge is 0.404 e. The van der Waals surface area contributed by atoms with Crippen LogP contribution < -0.4 is 5.73 Å². The number of hydrogen-bond acceptors (Lipinski definition) is 3. The molecular weight excluding hydrogens is 146 g/mol. The third-order valence-corrected chi connectivity index (χ3v) is 1.72. The van der Waals surface area contributed by atoms with E-state index in [0.29, 0.717) is 19.1 Å². The Balaban J connectivity index is 2.09. The third kappa shape index (κ3) is 3.23. The molecule has 1 aliphatic rings. The minimum Gasteiger partial charge on any atom is -0.449 e. The highest BCUT2D eigenvalue weighted by Crippen LogP contribution is 2.13. The lowest BCUT2D eigenvalue weighted by Gasteiger charge is -2.20. The summed E-state index contributed by atoms with van der Waals surface area (Å²) in [6.45, 7) is 1.91. The molecule has 4 heteroatoms. The van der Waals surface area contributed by atoms with Gasteiger partial charge in [0, 0.05) is 12.5 Å². The fraction of sp³-hybridized carbons (Fsp3) is 0.857. The second-order valence-corrected chi connectivity index (χ2v) is 2.71. The molecule has 4 nitrogen and oxygen atoms in total. The first-order chi connectivity index (χ1) is 5.29. The summed E-state index contributed by atoms with van der Waals surface area (Å²) in [6, 6.07) is 0. The number of amides is 1. The van der Waals surface area contributed by atoms with Crippen LogP contribution in [-0.4, -0.2) is 25.9 Å². The standard InChI is InChI=1S/C7H13NO3/c8-7(9)11-5-6-2-1-3-10-4-6/h6H,1-5H2,(H2,8,9)/t6-/m1/s1. The van der Waals surface area contributed by atoms with E-state index in [4.69, 9.17) is 10.5 Å². The van der Waals surface area contributed by atoms with Crippen LogP contribution in [0.15, 0.2) is 0 Å². The summed E-state index contributed by atoms with van der Waals surface area (Å²) >= 11 is 0. The number of carbonyl (C=O) groups is 1. The number of primary amides is 1. The molecule has 0 aromatic rings. The van der Waals surface area contributed by atoms with Crippen LogP contribution in [0.25, 0.3) is 0 Å². The monoisotopic (exact) mass is 159 g/mol. The number of rotatable bonds is 2. The van der Waals surface area contributed by atoms with Gasteiger partial charge in [0.1, 0.15) is 0 Å². The molecule has 0 aromatic heterocycles. The molecule has 1 rings (SSSR count). The summed E-state index contributed by atoms with van der Waals surface area (Å²) in [5.41, 5.74) is 4.81. The molecule has 0 bridgehead atoms. The van der Waals surface area contributed by atoms with Crippen molar-refractivity contribution in [1.82, 2.24) is 0 Å². The zero-order chi connectivity index (χ0) is 8.10. The van der Waals surface area contributed by atoms with Gasteiger partial charge in [-0.05, 0) is 12.8 Å². The topological polar surface area (TPSA) is 61.6 Å². The van der Waals surface area contributed by atoms with Gasteiger partial charge in [0.25, 0.3) is 0 Å². The largest absolute Gasteiger partial charge is 0.449 e. The second-order valence-electron chi connectivity index (χ2n) is 2.71. The SMILES string of the molecule is NC(=O)OC[C@@H]1CCCOC1. The van der Waals surface area contributed by atoms with Crippen molar-refractivity contribution in [1.29, 1.82) is 0 Å². The number of nitrogens with two attached hydrogens (primary N) is 1. The van der Waals surface area contributed by atoms with E-state index in [2.05, 4.69) is 4.74 Å². The maximum absolute atomic E-state index is 10.2. The van der Waals surface area contributed by atoms with Crippen molar-refractivity contribution >= 4 is 6.09 Å². The molecule has 1 heterocycles. The number of hydrogen-bond donors (Lipinski definition) is 1. The molecule has 1 amide bonds. The Morgan fingerprint density at radius 3 is 3.09 bits per heavy atom. The summed E-state index contributed by atoms with van der Waals surface area (Å²) in [4.78, 5) is 10.2. The third-order valence-electron chi connectivity index (χ3n) is 1.72. The summed E-state index contributed by atoms with van der Waals surface area (Å²) in [5.74, 6) is 0.344. The Morgan fingerprint density at radius 2 is 2.55 bits per heavy atom. The Bertz CT molecular complexity index is 132. The van der Waals surface area contributed by atoms with Gasteiger partial charge in [0.2, 0.25) is 0 Å². The van der Waals surface area contributed by atoms with Gasteiger partial charge in [-0.1, -0.05) is 0 Å². The lowest BCUT2D eigenvalue weighted by Crippen LogP contribution is -2.25. The fourth-order valence-electron chi connectivity index (χ4n) is 1.14. The van der Waals surface area contributed by atoms with Crippen molar-refractivity contribution < 1.29 is 14.3 Å².